The molecule has 0 aromatic heterocycles. The fraction of sp³-hybridized carbons (Fsp3) is 1.00. The van der Waals surface area contributed by atoms with Gasteiger partial charge in [-0.3, -0.25) is 4.90 Å². The van der Waals surface area contributed by atoms with Crippen molar-refractivity contribution in [3.05, 3.63) is 0 Å². The number of piperidine rings is 1. The zero-order chi connectivity index (χ0) is 11.2. The molecule has 1 saturated heterocycles. The minimum atomic E-state index is 0.769. The molecule has 0 amide bonds. The molecule has 1 saturated carbocycles. The number of nitrogens with one attached hydrogen (secondary N) is 1. The predicted octanol–water partition coefficient (Wildman–Crippen LogP) is 2.78. The number of likely N-dealkylation sites (N-methyl/N-ethyl adjacent to an activating group) is 1. The van der Waals surface area contributed by atoms with Crippen molar-refractivity contribution >= 4 is 0 Å². The molecular weight excluding hydrogens is 196 g/mol. The highest BCUT2D eigenvalue weighted by Gasteiger charge is 2.28. The molecule has 1 N–H and O–H groups in total. The van der Waals surface area contributed by atoms with Gasteiger partial charge in [0.2, 0.25) is 0 Å². The van der Waals surface area contributed by atoms with E-state index in [0.29, 0.717) is 0 Å². The van der Waals surface area contributed by atoms with E-state index in [2.05, 4.69) is 17.1 Å². The summed E-state index contributed by atoms with van der Waals surface area (Å²) in [6, 6.07) is 1.60. The van der Waals surface area contributed by atoms with Crippen molar-refractivity contribution < 1.29 is 0 Å². The molecule has 2 fully saturated rings. The molecule has 0 bridgehead atoms. The molecule has 2 unspecified atom stereocenters. The maximum Gasteiger partial charge on any atom is 0.0249 e. The number of likely N-dealkylation sites (tertiary alicyclic amines) is 1. The minimum Gasteiger partial charge on any atom is -0.313 e. The van der Waals surface area contributed by atoms with Gasteiger partial charge in [0.15, 0.2) is 0 Å². The predicted molar refractivity (Wildman–Crippen MR) is 69.8 cm³/mol. The highest BCUT2D eigenvalue weighted by molar-refractivity contribution is 4.87. The van der Waals surface area contributed by atoms with Gasteiger partial charge in [0, 0.05) is 12.1 Å². The Hall–Kier alpha value is -0.0800. The van der Waals surface area contributed by atoms with Crippen molar-refractivity contribution in [3.8, 4) is 0 Å². The molecule has 1 aliphatic heterocycles. The lowest BCUT2D eigenvalue weighted by molar-refractivity contribution is 0.124. The average molecular weight is 224 g/mol. The van der Waals surface area contributed by atoms with Gasteiger partial charge in [0.1, 0.15) is 0 Å². The molecule has 0 radical (unpaired) electrons. The highest BCUT2D eigenvalue weighted by Crippen LogP contribution is 2.25. The smallest absolute Gasteiger partial charge is 0.0249 e. The molecule has 1 heterocycles. The Balaban J connectivity index is 1.94. The first kappa shape index (κ1) is 12.4. The molecule has 0 spiro atoms. The van der Waals surface area contributed by atoms with Crippen LogP contribution in [-0.4, -0.2) is 36.6 Å². The minimum absolute atomic E-state index is 0.769. The Morgan fingerprint density at radius 2 is 1.62 bits per heavy atom. The highest BCUT2D eigenvalue weighted by atomic mass is 15.2. The molecular formula is C14H28N2. The number of hydrogen-bond acceptors (Lipinski definition) is 2. The molecule has 94 valence electrons. The lowest BCUT2D eigenvalue weighted by Crippen LogP contribution is -2.51. The Morgan fingerprint density at radius 1 is 0.938 bits per heavy atom. The quantitative estimate of drug-likeness (QED) is 0.742. The topological polar surface area (TPSA) is 15.3 Å². The van der Waals surface area contributed by atoms with E-state index in [4.69, 9.17) is 0 Å². The second-order valence-corrected chi connectivity index (χ2v) is 5.47. The van der Waals surface area contributed by atoms with Crippen molar-refractivity contribution in [1.82, 2.24) is 10.2 Å². The standard InChI is InChI=1S/C14H28N2/c1-2-15-13-9-5-3-6-10-14(13)16-11-7-4-8-12-16/h13-15H,2-12H2,1H3. The fourth-order valence-corrected chi connectivity index (χ4v) is 3.48. The molecule has 2 rings (SSSR count). The average Bonchev–Trinajstić information content (AvgIpc) is 2.56. The Morgan fingerprint density at radius 3 is 2.38 bits per heavy atom. The first-order chi connectivity index (χ1) is 7.92. The van der Waals surface area contributed by atoms with Crippen LogP contribution in [0.2, 0.25) is 0 Å². The lowest BCUT2D eigenvalue weighted by atomic mass is 9.98. The number of hydrogen-bond donors (Lipinski definition) is 1. The van der Waals surface area contributed by atoms with Gasteiger partial charge in [-0.15, -0.1) is 0 Å². The summed E-state index contributed by atoms with van der Waals surface area (Å²) in [5.41, 5.74) is 0. The Kier molecular flexibility index (Phi) is 5.11. The Labute approximate surface area is 101 Å². The monoisotopic (exact) mass is 224 g/mol. The summed E-state index contributed by atoms with van der Waals surface area (Å²) in [6.45, 7) is 6.09. The third kappa shape index (κ3) is 3.21. The van der Waals surface area contributed by atoms with Crippen LogP contribution in [0.4, 0.5) is 0 Å². The summed E-state index contributed by atoms with van der Waals surface area (Å²) in [5.74, 6) is 0. The van der Waals surface area contributed by atoms with Crippen LogP contribution >= 0.6 is 0 Å². The summed E-state index contributed by atoms with van der Waals surface area (Å²) in [6.07, 6.45) is 11.5. The maximum absolute atomic E-state index is 3.73. The van der Waals surface area contributed by atoms with Gasteiger partial charge < -0.3 is 5.32 Å². The number of nitrogens with zero attached hydrogens (tertiary/aromatic N) is 1. The van der Waals surface area contributed by atoms with Gasteiger partial charge in [-0.25, -0.2) is 0 Å². The summed E-state index contributed by atoms with van der Waals surface area (Å²) >= 11 is 0. The third-order valence-corrected chi connectivity index (χ3v) is 4.31. The lowest BCUT2D eigenvalue weighted by Gasteiger charge is -2.38. The van der Waals surface area contributed by atoms with Crippen LogP contribution in [0.15, 0.2) is 0 Å². The van der Waals surface area contributed by atoms with E-state index in [1.165, 1.54) is 64.5 Å². The van der Waals surface area contributed by atoms with Gasteiger partial charge in [0.05, 0.1) is 0 Å². The van der Waals surface area contributed by atoms with Gasteiger partial charge >= 0.3 is 0 Å². The van der Waals surface area contributed by atoms with Gasteiger partial charge in [-0.05, 0) is 45.3 Å². The summed E-state index contributed by atoms with van der Waals surface area (Å²) in [7, 11) is 0. The van der Waals surface area contributed by atoms with E-state index in [1.807, 2.05) is 0 Å². The van der Waals surface area contributed by atoms with E-state index >= 15 is 0 Å². The van der Waals surface area contributed by atoms with E-state index in [1.54, 1.807) is 0 Å². The molecule has 0 aromatic rings. The van der Waals surface area contributed by atoms with Gasteiger partial charge in [-0.1, -0.05) is 32.6 Å². The van der Waals surface area contributed by atoms with Crippen LogP contribution in [0.5, 0.6) is 0 Å². The van der Waals surface area contributed by atoms with E-state index in [0.717, 1.165) is 18.6 Å². The van der Waals surface area contributed by atoms with E-state index in [9.17, 15) is 0 Å². The van der Waals surface area contributed by atoms with Crippen molar-refractivity contribution in [2.75, 3.05) is 19.6 Å². The molecule has 2 nitrogen and oxygen atoms in total. The summed E-state index contributed by atoms with van der Waals surface area (Å²) in [4.78, 5) is 2.78. The molecule has 1 aliphatic carbocycles. The van der Waals surface area contributed by atoms with E-state index < -0.39 is 0 Å². The van der Waals surface area contributed by atoms with Crippen LogP contribution in [0.25, 0.3) is 0 Å². The van der Waals surface area contributed by atoms with Crippen LogP contribution in [0, 0.1) is 0 Å². The molecule has 2 heteroatoms. The third-order valence-electron chi connectivity index (χ3n) is 4.31. The second-order valence-electron chi connectivity index (χ2n) is 5.47. The van der Waals surface area contributed by atoms with Crippen molar-refractivity contribution in [3.63, 3.8) is 0 Å². The SMILES string of the molecule is CCNC1CCCCCC1N1CCCCC1. The van der Waals surface area contributed by atoms with Crippen molar-refractivity contribution in [1.29, 1.82) is 0 Å². The molecule has 2 atom stereocenters. The normalized spacial score (nSPS) is 33.6. The first-order valence-corrected chi connectivity index (χ1v) is 7.39. The van der Waals surface area contributed by atoms with Crippen LogP contribution in [0.3, 0.4) is 0 Å². The van der Waals surface area contributed by atoms with Crippen molar-refractivity contribution in [2.24, 2.45) is 0 Å². The summed E-state index contributed by atoms with van der Waals surface area (Å²) in [5, 5.41) is 3.73. The fourth-order valence-electron chi connectivity index (χ4n) is 3.48. The van der Waals surface area contributed by atoms with Crippen LogP contribution < -0.4 is 5.32 Å². The molecule has 0 aromatic carbocycles. The maximum atomic E-state index is 3.73. The van der Waals surface area contributed by atoms with Crippen LogP contribution in [-0.2, 0) is 0 Å². The second kappa shape index (κ2) is 6.61. The van der Waals surface area contributed by atoms with Crippen molar-refractivity contribution in [2.45, 2.75) is 70.4 Å². The Bertz CT molecular complexity index is 187. The summed E-state index contributed by atoms with van der Waals surface area (Å²) < 4.78 is 0. The first-order valence-electron chi connectivity index (χ1n) is 7.39. The van der Waals surface area contributed by atoms with E-state index in [-0.39, 0.29) is 0 Å². The largest absolute Gasteiger partial charge is 0.313 e. The molecule has 16 heavy (non-hydrogen) atoms. The molecule has 2 aliphatic rings. The van der Waals surface area contributed by atoms with Gasteiger partial charge in [-0.2, -0.15) is 0 Å². The van der Waals surface area contributed by atoms with Gasteiger partial charge in [0.25, 0.3) is 0 Å². The zero-order valence-corrected chi connectivity index (χ0v) is 10.9. The number of rotatable bonds is 3. The van der Waals surface area contributed by atoms with Crippen LogP contribution in [0.1, 0.15) is 58.3 Å². The zero-order valence-electron chi connectivity index (χ0n) is 10.9.